The molecule has 0 bridgehead atoms. The van der Waals surface area contributed by atoms with Gasteiger partial charge in [0.2, 0.25) is 28.6 Å². The molecule has 5 rings (SSSR count). The molecule has 240 valence electrons. The summed E-state index contributed by atoms with van der Waals surface area (Å²) in [6.45, 7) is 0.216. The Kier molecular flexibility index (Phi) is 10.6. The number of fused-ring (bicyclic) bond motifs is 1. The Morgan fingerprint density at radius 2 is 1.64 bits per heavy atom. The number of nitrogens with zero attached hydrogens (tertiary/aromatic N) is 2. The zero-order valence-corrected chi connectivity index (χ0v) is 26.3. The van der Waals surface area contributed by atoms with E-state index in [1.165, 1.54) is 16.4 Å². The fourth-order valence-electron chi connectivity index (χ4n) is 5.93. The van der Waals surface area contributed by atoms with Crippen LogP contribution in [0.25, 0.3) is 0 Å². The van der Waals surface area contributed by atoms with Crippen molar-refractivity contribution < 1.29 is 31.9 Å². The minimum atomic E-state index is -3.68. The van der Waals surface area contributed by atoms with Gasteiger partial charge in [0.15, 0.2) is 11.5 Å². The summed E-state index contributed by atoms with van der Waals surface area (Å²) in [5.74, 6) is 0.0830. The van der Waals surface area contributed by atoms with Crippen LogP contribution in [0.1, 0.15) is 56.1 Å². The lowest BCUT2D eigenvalue weighted by molar-refractivity contribution is -0.141. The first kappa shape index (κ1) is 32.3. The van der Waals surface area contributed by atoms with E-state index in [1.807, 2.05) is 30.3 Å². The second-order valence-electron chi connectivity index (χ2n) is 11.7. The van der Waals surface area contributed by atoms with Crippen LogP contribution in [0, 0.1) is 5.82 Å². The fourth-order valence-corrected chi connectivity index (χ4v) is 6.89. The van der Waals surface area contributed by atoms with Gasteiger partial charge in [0, 0.05) is 38.0 Å². The third-order valence-electron chi connectivity index (χ3n) is 8.29. The number of ether oxygens (including phenoxy) is 2. The van der Waals surface area contributed by atoms with Crippen LogP contribution in [-0.4, -0.2) is 56.8 Å². The van der Waals surface area contributed by atoms with Gasteiger partial charge in [0.25, 0.3) is 0 Å². The van der Waals surface area contributed by atoms with E-state index in [9.17, 15) is 22.4 Å². The Morgan fingerprint density at radius 1 is 0.933 bits per heavy atom. The maximum atomic E-state index is 14.0. The molecule has 1 aliphatic carbocycles. The molecule has 1 atom stereocenters. The van der Waals surface area contributed by atoms with Gasteiger partial charge in [0.1, 0.15) is 11.9 Å². The average molecular weight is 638 g/mol. The molecule has 3 aromatic carbocycles. The molecule has 0 saturated heterocycles. The van der Waals surface area contributed by atoms with E-state index in [-0.39, 0.29) is 50.6 Å². The first-order valence-electron chi connectivity index (χ1n) is 15.4. The van der Waals surface area contributed by atoms with Crippen molar-refractivity contribution in [1.82, 2.24) is 10.2 Å². The summed E-state index contributed by atoms with van der Waals surface area (Å²) in [5, 5.41) is 3.20. The molecule has 1 aliphatic heterocycles. The van der Waals surface area contributed by atoms with Crippen LogP contribution < -0.4 is 19.1 Å². The molecular weight excluding hydrogens is 597 g/mol. The summed E-state index contributed by atoms with van der Waals surface area (Å²) in [5.41, 5.74) is 2.00. The predicted molar refractivity (Wildman–Crippen MR) is 170 cm³/mol. The molecule has 2 aliphatic rings. The number of benzene rings is 3. The van der Waals surface area contributed by atoms with Gasteiger partial charge in [0.05, 0.1) is 11.9 Å². The van der Waals surface area contributed by atoms with Crippen molar-refractivity contribution in [3.63, 3.8) is 0 Å². The number of rotatable bonds is 13. The molecule has 2 amide bonds. The number of sulfonamides is 1. The average Bonchev–Trinajstić information content (AvgIpc) is 3.50. The number of amides is 2. The smallest absolute Gasteiger partial charge is 0.243 e. The summed E-state index contributed by atoms with van der Waals surface area (Å²) >= 11 is 0. The van der Waals surface area contributed by atoms with Gasteiger partial charge in [-0.15, -0.1) is 0 Å². The van der Waals surface area contributed by atoms with Gasteiger partial charge in [-0.05, 0) is 54.7 Å². The lowest BCUT2D eigenvalue weighted by Gasteiger charge is -2.34. The number of halogens is 1. The SMILES string of the molecule is CS(=O)(=O)N(CCCC(=O)N(Cc1ccc(F)cc1)[C@H](Cc1ccccc1)C(=O)NC1CCCCC1)c1ccc2c(c1)OCO2. The molecular formula is C34H40FN3O6S. The Bertz CT molecular complexity index is 1560. The lowest BCUT2D eigenvalue weighted by atomic mass is 9.94. The lowest BCUT2D eigenvalue weighted by Crippen LogP contribution is -2.52. The van der Waals surface area contributed by atoms with Gasteiger partial charge in [-0.3, -0.25) is 13.9 Å². The molecule has 0 spiro atoms. The molecule has 9 nitrogen and oxygen atoms in total. The van der Waals surface area contributed by atoms with E-state index in [1.54, 1.807) is 35.2 Å². The Balaban J connectivity index is 1.37. The summed E-state index contributed by atoms with van der Waals surface area (Å²) < 4.78 is 51.3. The van der Waals surface area contributed by atoms with Crippen LogP contribution >= 0.6 is 0 Å². The van der Waals surface area contributed by atoms with E-state index in [0.29, 0.717) is 29.2 Å². The van der Waals surface area contributed by atoms with E-state index in [0.717, 1.165) is 43.9 Å². The zero-order valence-electron chi connectivity index (χ0n) is 25.5. The number of hydrogen-bond donors (Lipinski definition) is 1. The van der Waals surface area contributed by atoms with Crippen molar-refractivity contribution in [2.24, 2.45) is 0 Å². The Hall–Kier alpha value is -4.12. The van der Waals surface area contributed by atoms with Crippen molar-refractivity contribution in [2.75, 3.05) is 23.9 Å². The maximum absolute atomic E-state index is 14.0. The molecule has 11 heteroatoms. The normalized spacial score (nSPS) is 15.3. The third-order valence-corrected chi connectivity index (χ3v) is 9.48. The zero-order chi connectivity index (χ0) is 31.8. The van der Waals surface area contributed by atoms with E-state index in [2.05, 4.69) is 5.32 Å². The highest BCUT2D eigenvalue weighted by atomic mass is 32.2. The van der Waals surface area contributed by atoms with Gasteiger partial charge in [-0.1, -0.05) is 61.7 Å². The van der Waals surface area contributed by atoms with Crippen molar-refractivity contribution in [3.05, 3.63) is 89.7 Å². The van der Waals surface area contributed by atoms with Gasteiger partial charge in [-0.2, -0.15) is 0 Å². The molecule has 1 fully saturated rings. The molecule has 0 aromatic heterocycles. The molecule has 0 unspecified atom stereocenters. The maximum Gasteiger partial charge on any atom is 0.243 e. The first-order valence-corrected chi connectivity index (χ1v) is 17.3. The van der Waals surface area contributed by atoms with Crippen LogP contribution in [0.2, 0.25) is 0 Å². The summed E-state index contributed by atoms with van der Waals surface area (Å²) in [4.78, 5) is 29.5. The van der Waals surface area contributed by atoms with Crippen LogP contribution in [0.4, 0.5) is 10.1 Å². The van der Waals surface area contributed by atoms with Crippen molar-refractivity contribution >= 4 is 27.5 Å². The first-order chi connectivity index (χ1) is 21.7. The van der Waals surface area contributed by atoms with Crippen LogP contribution in [0.15, 0.2) is 72.8 Å². The van der Waals surface area contributed by atoms with Gasteiger partial charge >= 0.3 is 0 Å². The second kappa shape index (κ2) is 14.8. The number of hydrogen-bond acceptors (Lipinski definition) is 6. The predicted octanol–water partition coefficient (Wildman–Crippen LogP) is 5.19. The molecule has 3 aromatic rings. The highest BCUT2D eigenvalue weighted by Crippen LogP contribution is 2.36. The Labute approximate surface area is 264 Å². The fraction of sp³-hybridized carbons (Fsp3) is 0.412. The van der Waals surface area contributed by atoms with Gasteiger partial charge in [-0.25, -0.2) is 12.8 Å². The summed E-state index contributed by atoms with van der Waals surface area (Å²) in [6.07, 6.45) is 6.67. The second-order valence-corrected chi connectivity index (χ2v) is 13.6. The number of carbonyl (C=O) groups is 2. The van der Waals surface area contributed by atoms with Crippen LogP contribution in [-0.2, 0) is 32.6 Å². The summed E-state index contributed by atoms with van der Waals surface area (Å²) in [7, 11) is -3.68. The standard InChI is InChI=1S/C34H40FN3O6S/c1-45(41,42)38(29-18-19-31-32(22-29)44-24-43-31)20-8-13-33(39)37(23-26-14-16-27(35)17-15-26)30(21-25-9-4-2-5-10-25)34(40)36-28-11-6-3-7-12-28/h2,4-5,9-10,14-19,22,28,30H,3,6-8,11-13,20-21,23-24H2,1H3,(H,36,40)/t30-/m1/s1. The number of nitrogens with one attached hydrogen (secondary N) is 1. The Morgan fingerprint density at radius 3 is 2.36 bits per heavy atom. The minimum absolute atomic E-state index is 0.000233. The van der Waals surface area contributed by atoms with Crippen LogP contribution in [0.5, 0.6) is 11.5 Å². The number of carbonyl (C=O) groups excluding carboxylic acids is 2. The van der Waals surface area contributed by atoms with Gasteiger partial charge < -0.3 is 19.7 Å². The van der Waals surface area contributed by atoms with E-state index < -0.39 is 21.9 Å². The molecule has 1 N–H and O–H groups in total. The minimum Gasteiger partial charge on any atom is -0.454 e. The van der Waals surface area contributed by atoms with E-state index >= 15 is 0 Å². The van der Waals surface area contributed by atoms with Crippen molar-refractivity contribution in [2.45, 2.75) is 70.0 Å². The van der Waals surface area contributed by atoms with Crippen LogP contribution in [0.3, 0.4) is 0 Å². The molecule has 45 heavy (non-hydrogen) atoms. The largest absolute Gasteiger partial charge is 0.454 e. The number of anilines is 1. The monoisotopic (exact) mass is 637 g/mol. The van der Waals surface area contributed by atoms with Crippen molar-refractivity contribution in [3.8, 4) is 11.5 Å². The quantitative estimate of drug-likeness (QED) is 0.277. The third kappa shape index (κ3) is 8.75. The summed E-state index contributed by atoms with van der Waals surface area (Å²) in [6, 6.07) is 19.6. The molecule has 0 radical (unpaired) electrons. The highest BCUT2D eigenvalue weighted by molar-refractivity contribution is 7.92. The highest BCUT2D eigenvalue weighted by Gasteiger charge is 2.32. The molecule has 1 saturated carbocycles. The van der Waals surface area contributed by atoms with Crippen molar-refractivity contribution in [1.29, 1.82) is 0 Å². The van der Waals surface area contributed by atoms with E-state index in [4.69, 9.17) is 9.47 Å². The topological polar surface area (TPSA) is 105 Å². The molecule has 1 heterocycles.